The van der Waals surface area contributed by atoms with E-state index in [0.717, 1.165) is 11.1 Å². The van der Waals surface area contributed by atoms with Crippen LogP contribution in [0.25, 0.3) is 0 Å². The van der Waals surface area contributed by atoms with Crippen LogP contribution >= 0.6 is 11.6 Å². The minimum Gasteiger partial charge on any atom is -0.508 e. The fourth-order valence-electron chi connectivity index (χ4n) is 2.75. The van der Waals surface area contributed by atoms with Gasteiger partial charge < -0.3 is 20.3 Å². The molecule has 0 saturated heterocycles. The molecule has 3 N–H and O–H groups in total. The van der Waals surface area contributed by atoms with Gasteiger partial charge in [-0.25, -0.2) is 0 Å². The number of ether oxygens (including phenoxy) is 2. The van der Waals surface area contributed by atoms with E-state index < -0.39 is 5.92 Å². The predicted octanol–water partition coefficient (Wildman–Crippen LogP) is 3.83. The van der Waals surface area contributed by atoms with Gasteiger partial charge in [0.05, 0.1) is 10.9 Å². The highest BCUT2D eigenvalue weighted by Gasteiger charge is 2.31. The highest BCUT2D eigenvalue weighted by molar-refractivity contribution is 6.32. The molecule has 1 aliphatic heterocycles. The molecule has 25 heavy (non-hydrogen) atoms. The third kappa shape index (κ3) is 3.12. The van der Waals surface area contributed by atoms with Crippen LogP contribution in [0.3, 0.4) is 0 Å². The number of nitriles is 1. The van der Waals surface area contributed by atoms with Crippen LogP contribution in [0.1, 0.15) is 17.0 Å². The number of phenolic OH excluding ortho intramolecular Hbond substituents is 1. The first kappa shape index (κ1) is 16.7. The summed E-state index contributed by atoms with van der Waals surface area (Å²) in [5, 5.41) is 19.6. The van der Waals surface area contributed by atoms with E-state index in [4.69, 9.17) is 26.8 Å². The Morgan fingerprint density at radius 3 is 2.84 bits per heavy atom. The normalized spacial score (nSPS) is 15.8. The maximum atomic E-state index is 9.67. The second-order valence-corrected chi connectivity index (χ2v) is 5.84. The molecule has 3 rings (SSSR count). The van der Waals surface area contributed by atoms with Crippen molar-refractivity contribution in [3.63, 3.8) is 0 Å². The third-order valence-electron chi connectivity index (χ3n) is 3.85. The minimum absolute atomic E-state index is 0.00806. The maximum absolute atomic E-state index is 9.67. The molecule has 0 bridgehead atoms. The average Bonchev–Trinajstić information content (AvgIpc) is 2.59. The van der Waals surface area contributed by atoms with Gasteiger partial charge in [0.25, 0.3) is 0 Å². The van der Waals surface area contributed by atoms with Crippen molar-refractivity contribution in [2.24, 2.45) is 5.73 Å². The second-order valence-electron chi connectivity index (χ2n) is 5.44. The van der Waals surface area contributed by atoms with Gasteiger partial charge in [-0.15, -0.1) is 0 Å². The first-order valence-corrected chi connectivity index (χ1v) is 7.86. The zero-order chi connectivity index (χ0) is 18.0. The molecule has 1 aliphatic rings. The van der Waals surface area contributed by atoms with Crippen molar-refractivity contribution in [1.29, 1.82) is 5.26 Å². The van der Waals surface area contributed by atoms with Crippen molar-refractivity contribution < 1.29 is 14.6 Å². The molecule has 2 aromatic rings. The molecule has 0 fully saturated rings. The van der Waals surface area contributed by atoms with Crippen LogP contribution in [0.5, 0.6) is 17.2 Å². The van der Waals surface area contributed by atoms with Crippen molar-refractivity contribution in [3.8, 4) is 23.3 Å². The number of fused-ring (bicyclic) bond motifs is 1. The summed E-state index contributed by atoms with van der Waals surface area (Å²) in [4.78, 5) is 0. The fourth-order valence-corrected chi connectivity index (χ4v) is 2.99. The Kier molecular flexibility index (Phi) is 4.55. The number of phenols is 1. The van der Waals surface area contributed by atoms with Gasteiger partial charge in [0, 0.05) is 11.6 Å². The Labute approximate surface area is 150 Å². The zero-order valence-corrected chi connectivity index (χ0v) is 14.0. The first-order valence-electron chi connectivity index (χ1n) is 7.48. The fraction of sp³-hybridized carbons (Fsp3) is 0.105. The Bertz CT molecular complexity index is 915. The quantitative estimate of drug-likeness (QED) is 0.814. The average molecular weight is 355 g/mol. The lowest BCUT2D eigenvalue weighted by Gasteiger charge is -2.26. The Morgan fingerprint density at radius 1 is 1.36 bits per heavy atom. The summed E-state index contributed by atoms with van der Waals surface area (Å²) in [6.07, 6.45) is 1.63. The number of nitrogens with two attached hydrogens (primary N) is 1. The van der Waals surface area contributed by atoms with Crippen molar-refractivity contribution in [3.05, 3.63) is 76.7 Å². The van der Waals surface area contributed by atoms with E-state index in [2.05, 4.69) is 12.6 Å². The number of benzene rings is 2. The molecule has 0 saturated carbocycles. The van der Waals surface area contributed by atoms with Gasteiger partial charge >= 0.3 is 0 Å². The van der Waals surface area contributed by atoms with E-state index in [1.54, 1.807) is 24.3 Å². The molecular weight excluding hydrogens is 340 g/mol. The van der Waals surface area contributed by atoms with Crippen LogP contribution in [0, 0.1) is 11.3 Å². The van der Waals surface area contributed by atoms with Crippen molar-refractivity contribution in [2.45, 2.75) is 5.92 Å². The van der Waals surface area contributed by atoms with Crippen molar-refractivity contribution in [1.82, 2.24) is 0 Å². The Balaban J connectivity index is 2.10. The summed E-state index contributed by atoms with van der Waals surface area (Å²) in [7, 11) is 0. The minimum atomic E-state index is -0.444. The Hall–Kier alpha value is -3.10. The summed E-state index contributed by atoms with van der Waals surface area (Å²) >= 11 is 6.30. The predicted molar refractivity (Wildman–Crippen MR) is 94.5 cm³/mol. The van der Waals surface area contributed by atoms with Gasteiger partial charge in [0.2, 0.25) is 5.88 Å². The number of nitrogens with zero attached hydrogens (tertiary/aromatic N) is 1. The molecule has 0 radical (unpaired) electrons. The van der Waals surface area contributed by atoms with E-state index in [1.807, 2.05) is 6.07 Å². The van der Waals surface area contributed by atoms with Crippen LogP contribution in [0.15, 0.2) is 60.5 Å². The number of hydrogen-bond acceptors (Lipinski definition) is 5. The maximum Gasteiger partial charge on any atom is 0.205 e. The van der Waals surface area contributed by atoms with Crippen molar-refractivity contribution in [2.75, 3.05) is 6.61 Å². The van der Waals surface area contributed by atoms with Gasteiger partial charge in [-0.2, -0.15) is 5.26 Å². The van der Waals surface area contributed by atoms with E-state index in [-0.39, 0.29) is 17.2 Å². The number of hydrogen-bond donors (Lipinski definition) is 2. The van der Waals surface area contributed by atoms with E-state index >= 15 is 0 Å². The summed E-state index contributed by atoms with van der Waals surface area (Å²) in [5.74, 6) is 0.550. The van der Waals surface area contributed by atoms with E-state index in [1.165, 1.54) is 12.1 Å². The molecule has 5 nitrogen and oxygen atoms in total. The molecule has 0 spiro atoms. The second kappa shape index (κ2) is 6.80. The monoisotopic (exact) mass is 354 g/mol. The van der Waals surface area contributed by atoms with Gasteiger partial charge in [-0.3, -0.25) is 0 Å². The molecule has 126 valence electrons. The van der Waals surface area contributed by atoms with Crippen LogP contribution in [-0.2, 0) is 0 Å². The lowest BCUT2D eigenvalue weighted by Crippen LogP contribution is -2.21. The molecule has 6 heteroatoms. The molecule has 0 amide bonds. The van der Waals surface area contributed by atoms with Gasteiger partial charge in [-0.05, 0) is 23.8 Å². The summed E-state index contributed by atoms with van der Waals surface area (Å²) in [5.41, 5.74) is 7.68. The van der Waals surface area contributed by atoms with Gasteiger partial charge in [0.1, 0.15) is 35.5 Å². The highest BCUT2D eigenvalue weighted by Crippen LogP contribution is 2.44. The van der Waals surface area contributed by atoms with Crippen molar-refractivity contribution >= 4 is 11.6 Å². The van der Waals surface area contributed by atoms with Crippen LogP contribution in [0.2, 0.25) is 5.02 Å². The number of allylic oxidation sites excluding steroid dienone is 1. The lowest BCUT2D eigenvalue weighted by atomic mass is 9.83. The highest BCUT2D eigenvalue weighted by atomic mass is 35.5. The molecule has 0 unspecified atom stereocenters. The number of halogens is 1. The van der Waals surface area contributed by atoms with E-state index in [9.17, 15) is 10.4 Å². The molecule has 0 aromatic heterocycles. The lowest BCUT2D eigenvalue weighted by molar-refractivity contribution is 0.363. The van der Waals surface area contributed by atoms with Crippen LogP contribution in [0.4, 0.5) is 0 Å². The molecule has 1 heterocycles. The topological polar surface area (TPSA) is 88.5 Å². The largest absolute Gasteiger partial charge is 0.508 e. The Morgan fingerprint density at radius 2 is 2.16 bits per heavy atom. The SMILES string of the molecule is C=CCOc1ccc([C@H]2C(C#N)=C(N)Oc3cc(O)ccc32)cc1Cl. The smallest absolute Gasteiger partial charge is 0.205 e. The summed E-state index contributed by atoms with van der Waals surface area (Å²) in [6, 6.07) is 12.1. The standard InChI is InChI=1S/C19H15ClN2O3/c1-2-7-24-16-6-3-11(8-15(16)20)18-13-5-4-12(23)9-17(13)25-19(22)14(18)10-21/h2-6,8-9,18,23H,1,7,22H2/t18-/m1/s1. The summed E-state index contributed by atoms with van der Waals surface area (Å²) < 4.78 is 11.0. The summed E-state index contributed by atoms with van der Waals surface area (Å²) in [6.45, 7) is 3.94. The van der Waals surface area contributed by atoms with Crippen LogP contribution in [-0.4, -0.2) is 11.7 Å². The zero-order valence-electron chi connectivity index (χ0n) is 13.2. The van der Waals surface area contributed by atoms with Crippen LogP contribution < -0.4 is 15.2 Å². The van der Waals surface area contributed by atoms with E-state index in [0.29, 0.717) is 23.1 Å². The van der Waals surface area contributed by atoms with Gasteiger partial charge in [0.15, 0.2) is 0 Å². The first-order chi connectivity index (χ1) is 12.0. The molecular formula is C19H15ClN2O3. The molecule has 0 aliphatic carbocycles. The number of aromatic hydroxyl groups is 1. The van der Waals surface area contributed by atoms with Gasteiger partial charge in [-0.1, -0.05) is 36.4 Å². The molecule has 2 aromatic carbocycles. The number of rotatable bonds is 4. The third-order valence-corrected chi connectivity index (χ3v) is 4.14. The molecule has 1 atom stereocenters.